The predicted molar refractivity (Wildman–Crippen MR) is 140 cm³/mol. The van der Waals surface area contributed by atoms with Gasteiger partial charge in [0.2, 0.25) is 0 Å². The molecular weight excluding hydrogens is 456 g/mol. The molecule has 6 heteroatoms. The van der Waals surface area contributed by atoms with E-state index in [1.165, 1.54) is 0 Å². The first-order chi connectivity index (χ1) is 16.8. The van der Waals surface area contributed by atoms with Crippen LogP contribution in [0.3, 0.4) is 0 Å². The molecule has 0 spiro atoms. The number of hydrogen-bond acceptors (Lipinski definition) is 6. The number of carbonyl (C=O) groups excluding carboxylic acids is 2. The Morgan fingerprint density at radius 2 is 0.806 bits per heavy atom. The lowest BCUT2D eigenvalue weighted by atomic mass is 9.90. The van der Waals surface area contributed by atoms with Gasteiger partial charge >= 0.3 is 18.2 Å². The number of rotatable bonds is 10. The van der Waals surface area contributed by atoms with Gasteiger partial charge in [0, 0.05) is 6.42 Å². The fourth-order valence-electron chi connectivity index (χ4n) is 4.41. The van der Waals surface area contributed by atoms with Gasteiger partial charge in [-0.05, 0) is 131 Å². The second-order valence-corrected chi connectivity index (χ2v) is 9.59. The average molecular weight is 497 g/mol. The summed E-state index contributed by atoms with van der Waals surface area (Å²) in [6.07, 6.45) is 2.38. The Hall–Kier alpha value is -2.70. The lowest BCUT2D eigenvalue weighted by Crippen LogP contribution is -2.19. The topological polar surface area (TPSA) is 71.1 Å². The number of unbranched alkanes of at least 4 members (excludes halogenated alkanes) is 2. The summed E-state index contributed by atoms with van der Waals surface area (Å²) in [7, 11) is 0. The molecule has 2 radical (unpaired) electrons. The van der Waals surface area contributed by atoms with E-state index in [-0.39, 0.29) is 12.7 Å². The highest BCUT2D eigenvalue weighted by molar-refractivity contribution is 5.94. The van der Waals surface area contributed by atoms with E-state index < -0.39 is 11.9 Å². The van der Waals surface area contributed by atoms with Gasteiger partial charge < -0.3 is 0 Å². The van der Waals surface area contributed by atoms with E-state index in [0.717, 1.165) is 68.5 Å². The first-order valence-electron chi connectivity index (χ1n) is 12.4. The van der Waals surface area contributed by atoms with Crippen molar-refractivity contribution >= 4 is 11.9 Å². The maximum atomic E-state index is 13.0. The summed E-state index contributed by atoms with van der Waals surface area (Å²) in [5.74, 6) is -1.26. The molecule has 0 amide bonds. The summed E-state index contributed by atoms with van der Waals surface area (Å²) < 4.78 is 0. The highest BCUT2D eigenvalue weighted by atomic mass is 17.3. The van der Waals surface area contributed by atoms with Crippen molar-refractivity contribution < 1.29 is 29.1 Å². The van der Waals surface area contributed by atoms with Crippen LogP contribution in [0.15, 0.2) is 0 Å². The molecule has 36 heavy (non-hydrogen) atoms. The zero-order valence-electron chi connectivity index (χ0n) is 23.5. The zero-order chi connectivity index (χ0) is 27.3. The van der Waals surface area contributed by atoms with E-state index >= 15 is 0 Å². The Labute approximate surface area is 216 Å². The van der Waals surface area contributed by atoms with E-state index in [1.807, 2.05) is 69.2 Å². The van der Waals surface area contributed by atoms with Crippen molar-refractivity contribution in [2.45, 2.75) is 94.9 Å². The van der Waals surface area contributed by atoms with Crippen LogP contribution in [-0.4, -0.2) is 11.9 Å². The van der Waals surface area contributed by atoms with Gasteiger partial charge in [-0.3, -0.25) is 9.78 Å². The minimum absolute atomic E-state index is 0.100. The van der Waals surface area contributed by atoms with Crippen molar-refractivity contribution in [3.05, 3.63) is 80.0 Å². The molecule has 0 aliphatic rings. The van der Waals surface area contributed by atoms with Crippen molar-refractivity contribution in [2.75, 3.05) is 0 Å². The molecule has 0 bridgehead atoms. The summed E-state index contributed by atoms with van der Waals surface area (Å²) in [5.41, 5.74) is 10.7. The van der Waals surface area contributed by atoms with Crippen molar-refractivity contribution in [1.29, 1.82) is 0 Å². The Balaban J connectivity index is 2.19. The van der Waals surface area contributed by atoms with E-state index in [9.17, 15) is 9.59 Å². The second-order valence-electron chi connectivity index (χ2n) is 9.59. The van der Waals surface area contributed by atoms with Gasteiger partial charge in [-0.15, -0.1) is 9.78 Å². The van der Waals surface area contributed by atoms with Crippen LogP contribution in [0, 0.1) is 82.5 Å². The fraction of sp³-hybridized carbons (Fsp3) is 0.467. The van der Waals surface area contributed by atoms with E-state index in [0.29, 0.717) is 17.5 Å². The van der Waals surface area contributed by atoms with Gasteiger partial charge in [0.1, 0.15) is 0 Å². The Morgan fingerprint density at radius 1 is 0.500 bits per heavy atom. The van der Waals surface area contributed by atoms with Crippen molar-refractivity contribution in [1.82, 2.24) is 0 Å². The summed E-state index contributed by atoms with van der Waals surface area (Å²) >= 11 is 0. The molecule has 0 atom stereocenters. The van der Waals surface area contributed by atoms with Gasteiger partial charge in [0.05, 0.1) is 11.1 Å². The number of hydrogen-bond donors (Lipinski definition) is 0. The molecule has 196 valence electrons. The maximum Gasteiger partial charge on any atom is 0.373 e. The standard InChI is InChI=1S/C30H40O6/c1-12-13-14-15-26(33-35-29(31)27-22(8)18(4)16(2)19(5)23(27)9)34-36-30(32)28-24(10)20(6)17(3)21(7)25(28)11/h1,12-15H2,2-11H3. The van der Waals surface area contributed by atoms with Gasteiger partial charge in [-0.1, -0.05) is 19.8 Å². The van der Waals surface area contributed by atoms with Crippen molar-refractivity contribution in [3.63, 3.8) is 0 Å². The van der Waals surface area contributed by atoms with Crippen molar-refractivity contribution in [3.8, 4) is 0 Å². The minimum Gasteiger partial charge on any atom is -0.289 e. The van der Waals surface area contributed by atoms with E-state index in [2.05, 4.69) is 6.92 Å². The SMILES string of the molecule is [CH2]CCCC[C](OOC(=O)c1c(C)c(C)c(C)c(C)c1C)OOC(=O)c1c(C)c(C)c(C)c(C)c1C. The second kappa shape index (κ2) is 12.5. The van der Waals surface area contributed by atoms with Crippen LogP contribution >= 0.6 is 0 Å². The minimum atomic E-state index is -0.628. The quantitative estimate of drug-likeness (QED) is 0.192. The van der Waals surface area contributed by atoms with Gasteiger partial charge in [0.15, 0.2) is 0 Å². The zero-order valence-corrected chi connectivity index (χ0v) is 23.5. The van der Waals surface area contributed by atoms with E-state index in [4.69, 9.17) is 19.6 Å². The molecular formula is C30H40O6. The maximum absolute atomic E-state index is 13.0. The van der Waals surface area contributed by atoms with Crippen molar-refractivity contribution in [2.24, 2.45) is 0 Å². The third-order valence-corrected chi connectivity index (χ3v) is 7.71. The molecule has 2 rings (SSSR count). The summed E-state index contributed by atoms with van der Waals surface area (Å²) in [4.78, 5) is 46.8. The van der Waals surface area contributed by atoms with Gasteiger partial charge in [-0.25, -0.2) is 9.59 Å². The molecule has 0 aliphatic heterocycles. The average Bonchev–Trinajstić information content (AvgIpc) is 2.85. The van der Waals surface area contributed by atoms with Crippen LogP contribution in [0.1, 0.15) is 102 Å². The van der Waals surface area contributed by atoms with Gasteiger partial charge in [0.25, 0.3) is 0 Å². The predicted octanol–water partition coefficient (Wildman–Crippen LogP) is 7.53. The number of benzene rings is 2. The lowest BCUT2D eigenvalue weighted by molar-refractivity contribution is -0.364. The largest absolute Gasteiger partial charge is 0.373 e. The molecule has 2 aromatic rings. The monoisotopic (exact) mass is 496 g/mol. The smallest absolute Gasteiger partial charge is 0.289 e. The van der Waals surface area contributed by atoms with Gasteiger partial charge in [-0.2, -0.15) is 0 Å². The highest BCUT2D eigenvalue weighted by Gasteiger charge is 2.26. The molecule has 2 aromatic carbocycles. The molecule has 0 aromatic heterocycles. The van der Waals surface area contributed by atoms with Crippen LogP contribution < -0.4 is 0 Å². The highest BCUT2D eigenvalue weighted by Crippen LogP contribution is 2.29. The molecule has 0 aliphatic carbocycles. The molecule has 6 nitrogen and oxygen atoms in total. The van der Waals surface area contributed by atoms with E-state index in [1.54, 1.807) is 0 Å². The van der Waals surface area contributed by atoms with Crippen LogP contribution in [0.5, 0.6) is 0 Å². The first kappa shape index (κ1) is 29.5. The van der Waals surface area contributed by atoms with Crippen LogP contribution in [-0.2, 0) is 19.6 Å². The fourth-order valence-corrected chi connectivity index (χ4v) is 4.41. The molecule has 0 N–H and O–H groups in total. The summed E-state index contributed by atoms with van der Waals surface area (Å²) in [6, 6.07) is 0. The number of carbonyl (C=O) groups is 2. The summed E-state index contributed by atoms with van der Waals surface area (Å²) in [6.45, 7) is 23.4. The lowest BCUT2D eigenvalue weighted by Gasteiger charge is -2.19. The van der Waals surface area contributed by atoms with Crippen LogP contribution in [0.25, 0.3) is 0 Å². The molecule has 0 heterocycles. The molecule has 0 saturated heterocycles. The Bertz CT molecular complexity index is 1000. The Kier molecular flexibility index (Phi) is 10.3. The van der Waals surface area contributed by atoms with Crippen LogP contribution in [0.2, 0.25) is 0 Å². The third kappa shape index (κ3) is 6.16. The normalized spacial score (nSPS) is 11.2. The molecule has 0 unspecified atom stereocenters. The van der Waals surface area contributed by atoms with Crippen LogP contribution in [0.4, 0.5) is 0 Å². The summed E-state index contributed by atoms with van der Waals surface area (Å²) in [5, 5.41) is 0. The molecule has 0 fully saturated rings. The first-order valence-corrected chi connectivity index (χ1v) is 12.4. The molecule has 0 saturated carbocycles. The third-order valence-electron chi connectivity index (χ3n) is 7.71. The Morgan fingerprint density at radius 3 is 1.11 bits per heavy atom.